The predicted octanol–water partition coefficient (Wildman–Crippen LogP) is 0.757. The van der Waals surface area contributed by atoms with Crippen molar-refractivity contribution in [1.82, 2.24) is 5.32 Å². The molecule has 2 heteroatoms. The maximum Gasteiger partial charge on any atom is 0.0556 e. The summed E-state index contributed by atoms with van der Waals surface area (Å²) in [6.07, 6.45) is 2.40. The van der Waals surface area contributed by atoms with Crippen molar-refractivity contribution in [2.45, 2.75) is 32.7 Å². The van der Waals surface area contributed by atoms with Crippen LogP contribution in [0.4, 0.5) is 0 Å². The van der Waals surface area contributed by atoms with Crippen LogP contribution in [0.2, 0.25) is 0 Å². The van der Waals surface area contributed by atoms with Gasteiger partial charge in [-0.15, -0.1) is 0 Å². The van der Waals surface area contributed by atoms with Crippen LogP contribution in [0.3, 0.4) is 0 Å². The Labute approximate surface area is 57.3 Å². The van der Waals surface area contributed by atoms with Crippen LogP contribution in [0.5, 0.6) is 0 Å². The van der Waals surface area contributed by atoms with E-state index in [9.17, 15) is 0 Å². The van der Waals surface area contributed by atoms with Gasteiger partial charge in [-0.3, -0.25) is 0 Å². The second kappa shape index (κ2) is 6.05. The highest BCUT2D eigenvalue weighted by Gasteiger charge is 1.95. The van der Waals surface area contributed by atoms with Crippen LogP contribution < -0.4 is 5.32 Å². The SMILES string of the molecule is CCC[C@@H](C)NCCO. The summed E-state index contributed by atoms with van der Waals surface area (Å²) in [5.41, 5.74) is 0. The first-order valence-electron chi connectivity index (χ1n) is 3.65. The average Bonchev–Trinajstić information content (AvgIpc) is 1.85. The molecule has 0 aromatic rings. The normalized spacial score (nSPS) is 13.7. The summed E-state index contributed by atoms with van der Waals surface area (Å²) in [5, 5.41) is 11.6. The quantitative estimate of drug-likeness (QED) is 0.577. The largest absolute Gasteiger partial charge is 0.395 e. The van der Waals surface area contributed by atoms with Gasteiger partial charge < -0.3 is 10.4 Å². The van der Waals surface area contributed by atoms with Gasteiger partial charge in [0.15, 0.2) is 0 Å². The molecule has 0 aromatic heterocycles. The molecule has 0 radical (unpaired) electrons. The molecule has 0 heterocycles. The molecule has 0 fully saturated rings. The highest BCUT2D eigenvalue weighted by Crippen LogP contribution is 1.92. The van der Waals surface area contributed by atoms with Gasteiger partial charge in [-0.05, 0) is 13.3 Å². The van der Waals surface area contributed by atoms with Crippen molar-refractivity contribution in [3.8, 4) is 0 Å². The molecule has 0 saturated carbocycles. The zero-order valence-electron chi connectivity index (χ0n) is 6.35. The van der Waals surface area contributed by atoms with Gasteiger partial charge in [0.1, 0.15) is 0 Å². The first-order valence-corrected chi connectivity index (χ1v) is 3.65. The van der Waals surface area contributed by atoms with Gasteiger partial charge in [0, 0.05) is 12.6 Å². The van der Waals surface area contributed by atoms with E-state index in [1.54, 1.807) is 0 Å². The molecule has 0 aliphatic rings. The molecule has 0 bridgehead atoms. The van der Waals surface area contributed by atoms with Crippen molar-refractivity contribution in [1.29, 1.82) is 0 Å². The van der Waals surface area contributed by atoms with Crippen molar-refractivity contribution in [2.75, 3.05) is 13.2 Å². The zero-order valence-corrected chi connectivity index (χ0v) is 6.35. The van der Waals surface area contributed by atoms with Gasteiger partial charge in [-0.2, -0.15) is 0 Å². The van der Waals surface area contributed by atoms with Gasteiger partial charge in [-0.25, -0.2) is 0 Å². The minimum Gasteiger partial charge on any atom is -0.395 e. The number of aliphatic hydroxyl groups excluding tert-OH is 1. The van der Waals surface area contributed by atoms with Crippen LogP contribution in [-0.4, -0.2) is 24.3 Å². The van der Waals surface area contributed by atoms with E-state index in [2.05, 4.69) is 19.2 Å². The molecule has 0 aliphatic carbocycles. The summed E-state index contributed by atoms with van der Waals surface area (Å²) in [7, 11) is 0. The molecule has 56 valence electrons. The van der Waals surface area contributed by atoms with Crippen molar-refractivity contribution in [3.05, 3.63) is 0 Å². The molecule has 0 rings (SSSR count). The monoisotopic (exact) mass is 131 g/mol. The third kappa shape index (κ3) is 5.80. The van der Waals surface area contributed by atoms with Gasteiger partial charge in [0.25, 0.3) is 0 Å². The standard InChI is InChI=1S/C7H17NO/c1-3-4-7(2)8-5-6-9/h7-9H,3-6H2,1-2H3/t7-/m1/s1. The Balaban J connectivity index is 2.95. The molecule has 0 aliphatic heterocycles. The Morgan fingerprint density at radius 2 is 2.22 bits per heavy atom. The maximum absolute atomic E-state index is 8.42. The topological polar surface area (TPSA) is 32.3 Å². The number of nitrogens with one attached hydrogen (secondary N) is 1. The van der Waals surface area contributed by atoms with Crippen molar-refractivity contribution in [2.24, 2.45) is 0 Å². The van der Waals surface area contributed by atoms with Gasteiger partial charge in [0.2, 0.25) is 0 Å². The lowest BCUT2D eigenvalue weighted by atomic mass is 10.2. The first kappa shape index (κ1) is 8.92. The Kier molecular flexibility index (Phi) is 5.99. The lowest BCUT2D eigenvalue weighted by Gasteiger charge is -2.10. The fraction of sp³-hybridized carbons (Fsp3) is 1.00. The Morgan fingerprint density at radius 1 is 1.56 bits per heavy atom. The lowest BCUT2D eigenvalue weighted by molar-refractivity contribution is 0.284. The number of hydrogen-bond donors (Lipinski definition) is 2. The molecular weight excluding hydrogens is 114 g/mol. The van der Waals surface area contributed by atoms with E-state index in [-0.39, 0.29) is 6.61 Å². The zero-order chi connectivity index (χ0) is 7.11. The number of aliphatic hydroxyl groups is 1. The third-order valence-electron chi connectivity index (χ3n) is 1.33. The molecule has 2 N–H and O–H groups in total. The predicted molar refractivity (Wildman–Crippen MR) is 39.5 cm³/mol. The Hall–Kier alpha value is -0.0800. The van der Waals surface area contributed by atoms with Crippen LogP contribution in [-0.2, 0) is 0 Å². The fourth-order valence-corrected chi connectivity index (χ4v) is 0.846. The van der Waals surface area contributed by atoms with Crippen molar-refractivity contribution < 1.29 is 5.11 Å². The molecule has 2 nitrogen and oxygen atoms in total. The Morgan fingerprint density at radius 3 is 2.67 bits per heavy atom. The number of hydrogen-bond acceptors (Lipinski definition) is 2. The van der Waals surface area contributed by atoms with Crippen LogP contribution in [0.15, 0.2) is 0 Å². The Bertz CT molecular complexity index is 56.9. The van der Waals surface area contributed by atoms with Gasteiger partial charge in [0.05, 0.1) is 6.61 Å². The molecule has 9 heavy (non-hydrogen) atoms. The minimum absolute atomic E-state index is 0.244. The van der Waals surface area contributed by atoms with E-state index in [4.69, 9.17) is 5.11 Å². The van der Waals surface area contributed by atoms with Gasteiger partial charge >= 0.3 is 0 Å². The third-order valence-corrected chi connectivity index (χ3v) is 1.33. The van der Waals surface area contributed by atoms with E-state index in [1.807, 2.05) is 0 Å². The number of rotatable bonds is 5. The smallest absolute Gasteiger partial charge is 0.0556 e. The summed E-state index contributed by atoms with van der Waals surface area (Å²) >= 11 is 0. The summed E-state index contributed by atoms with van der Waals surface area (Å²) in [6.45, 7) is 5.27. The van der Waals surface area contributed by atoms with Crippen LogP contribution >= 0.6 is 0 Å². The fourth-order valence-electron chi connectivity index (χ4n) is 0.846. The highest BCUT2D eigenvalue weighted by molar-refractivity contribution is 4.57. The van der Waals surface area contributed by atoms with Crippen LogP contribution in [0, 0.1) is 0 Å². The minimum atomic E-state index is 0.244. The molecular formula is C7H17NO. The van der Waals surface area contributed by atoms with Crippen molar-refractivity contribution >= 4 is 0 Å². The van der Waals surface area contributed by atoms with E-state index >= 15 is 0 Å². The van der Waals surface area contributed by atoms with E-state index < -0.39 is 0 Å². The highest BCUT2D eigenvalue weighted by atomic mass is 16.3. The molecule has 0 aromatic carbocycles. The second-order valence-corrected chi connectivity index (χ2v) is 2.37. The molecule has 0 saturated heterocycles. The molecule has 0 unspecified atom stereocenters. The summed E-state index contributed by atoms with van der Waals surface area (Å²) in [6, 6.07) is 0.558. The van der Waals surface area contributed by atoms with Gasteiger partial charge in [-0.1, -0.05) is 13.3 Å². The molecule has 0 amide bonds. The maximum atomic E-state index is 8.42. The van der Waals surface area contributed by atoms with Crippen LogP contribution in [0.1, 0.15) is 26.7 Å². The van der Waals surface area contributed by atoms with E-state index in [1.165, 1.54) is 12.8 Å². The van der Waals surface area contributed by atoms with E-state index in [0.717, 1.165) is 6.54 Å². The average molecular weight is 131 g/mol. The van der Waals surface area contributed by atoms with E-state index in [0.29, 0.717) is 6.04 Å². The summed E-state index contributed by atoms with van der Waals surface area (Å²) in [5.74, 6) is 0. The molecule has 0 spiro atoms. The second-order valence-electron chi connectivity index (χ2n) is 2.37. The molecule has 1 atom stereocenters. The first-order chi connectivity index (χ1) is 4.31. The lowest BCUT2D eigenvalue weighted by Crippen LogP contribution is -2.28. The summed E-state index contributed by atoms with van der Waals surface area (Å²) in [4.78, 5) is 0. The van der Waals surface area contributed by atoms with Crippen molar-refractivity contribution in [3.63, 3.8) is 0 Å². The summed E-state index contributed by atoms with van der Waals surface area (Å²) < 4.78 is 0. The van der Waals surface area contributed by atoms with Crippen LogP contribution in [0.25, 0.3) is 0 Å².